The minimum Gasteiger partial charge on any atom is -0.497 e. The summed E-state index contributed by atoms with van der Waals surface area (Å²) in [7, 11) is 1.61. The molecule has 0 saturated heterocycles. The van der Waals surface area contributed by atoms with Crippen molar-refractivity contribution in [2.75, 3.05) is 12.8 Å². The van der Waals surface area contributed by atoms with E-state index in [4.69, 9.17) is 10.5 Å². The Bertz CT molecular complexity index is 611. The highest BCUT2D eigenvalue weighted by Crippen LogP contribution is 2.22. The third-order valence-electron chi connectivity index (χ3n) is 2.79. The van der Waals surface area contributed by atoms with E-state index >= 15 is 0 Å². The molecule has 0 radical (unpaired) electrons. The summed E-state index contributed by atoms with van der Waals surface area (Å²) in [5.41, 5.74) is 7.85. The van der Waals surface area contributed by atoms with Crippen LogP contribution < -0.4 is 10.5 Å². The van der Waals surface area contributed by atoms with Crippen LogP contribution in [0.4, 0.5) is 5.69 Å². The molecular weight excluding hydrogens is 306 g/mol. The monoisotopic (exact) mass is 319 g/mol. The number of methoxy groups -OCH3 is 1. The number of ether oxygens (including phenoxy) is 1. The molecule has 0 heterocycles. The summed E-state index contributed by atoms with van der Waals surface area (Å²) in [5.74, 6) is 0.793. The molecule has 2 aromatic carbocycles. The first-order valence-electron chi connectivity index (χ1n) is 5.81. The van der Waals surface area contributed by atoms with Crippen molar-refractivity contribution in [1.29, 1.82) is 0 Å². The van der Waals surface area contributed by atoms with Crippen LogP contribution in [-0.4, -0.2) is 12.9 Å². The van der Waals surface area contributed by atoms with Crippen LogP contribution in [0.25, 0.3) is 0 Å². The summed E-state index contributed by atoms with van der Waals surface area (Å²) in [6.45, 7) is 0. The first-order chi connectivity index (χ1) is 9.10. The van der Waals surface area contributed by atoms with E-state index in [9.17, 15) is 4.79 Å². The van der Waals surface area contributed by atoms with Gasteiger partial charge in [0.25, 0.3) is 0 Å². The molecule has 0 aromatic heterocycles. The highest BCUT2D eigenvalue weighted by molar-refractivity contribution is 9.10. The van der Waals surface area contributed by atoms with E-state index in [1.165, 1.54) is 0 Å². The van der Waals surface area contributed by atoms with Gasteiger partial charge in [0, 0.05) is 22.1 Å². The van der Waals surface area contributed by atoms with Crippen molar-refractivity contribution < 1.29 is 9.53 Å². The van der Waals surface area contributed by atoms with Crippen LogP contribution in [0, 0.1) is 0 Å². The van der Waals surface area contributed by atoms with Gasteiger partial charge < -0.3 is 10.5 Å². The number of anilines is 1. The van der Waals surface area contributed by atoms with Crippen LogP contribution in [0.1, 0.15) is 15.9 Å². The number of benzene rings is 2. The third-order valence-corrected chi connectivity index (χ3v) is 3.45. The Hall–Kier alpha value is -1.81. The zero-order valence-corrected chi connectivity index (χ0v) is 12.1. The summed E-state index contributed by atoms with van der Waals surface area (Å²) in [5, 5.41) is 0. The molecule has 0 spiro atoms. The van der Waals surface area contributed by atoms with Gasteiger partial charge in [0.1, 0.15) is 5.75 Å². The lowest BCUT2D eigenvalue weighted by Crippen LogP contribution is -2.05. The number of ketones is 1. The normalized spacial score (nSPS) is 10.2. The largest absolute Gasteiger partial charge is 0.497 e. The standard InChI is InChI=1S/C15H14BrNO2/c1-19-12-4-2-3-10(7-12)8-15(18)13-6-5-11(17)9-14(13)16/h2-7,9H,8,17H2,1H3. The molecule has 19 heavy (non-hydrogen) atoms. The molecule has 0 saturated carbocycles. The molecule has 0 bridgehead atoms. The molecule has 0 atom stereocenters. The fraction of sp³-hybridized carbons (Fsp3) is 0.133. The number of nitrogens with two attached hydrogens (primary N) is 1. The maximum Gasteiger partial charge on any atom is 0.168 e. The lowest BCUT2D eigenvalue weighted by atomic mass is 10.0. The van der Waals surface area contributed by atoms with Crippen LogP contribution >= 0.6 is 15.9 Å². The second-order valence-electron chi connectivity index (χ2n) is 4.19. The maximum atomic E-state index is 12.2. The van der Waals surface area contributed by atoms with E-state index in [1.54, 1.807) is 25.3 Å². The van der Waals surface area contributed by atoms with Crippen molar-refractivity contribution in [3.05, 3.63) is 58.1 Å². The number of Topliss-reactive ketones (excluding diaryl/α,β-unsaturated/α-hetero) is 1. The average Bonchev–Trinajstić information content (AvgIpc) is 2.38. The van der Waals surface area contributed by atoms with Crippen molar-refractivity contribution in [3.63, 3.8) is 0 Å². The molecule has 3 nitrogen and oxygen atoms in total. The Balaban J connectivity index is 2.20. The fourth-order valence-electron chi connectivity index (χ4n) is 1.82. The van der Waals surface area contributed by atoms with E-state index in [2.05, 4.69) is 15.9 Å². The van der Waals surface area contributed by atoms with E-state index in [0.29, 0.717) is 17.7 Å². The number of carbonyl (C=O) groups excluding carboxylic acids is 1. The van der Waals surface area contributed by atoms with Crippen LogP contribution in [0.5, 0.6) is 5.75 Å². The van der Waals surface area contributed by atoms with Gasteiger partial charge in [-0.2, -0.15) is 0 Å². The van der Waals surface area contributed by atoms with E-state index in [-0.39, 0.29) is 5.78 Å². The summed E-state index contributed by atoms with van der Waals surface area (Å²) >= 11 is 3.36. The summed E-state index contributed by atoms with van der Waals surface area (Å²) in [4.78, 5) is 12.2. The molecule has 98 valence electrons. The Morgan fingerprint density at radius 1 is 1.26 bits per heavy atom. The highest BCUT2D eigenvalue weighted by atomic mass is 79.9. The minimum absolute atomic E-state index is 0.0418. The predicted octanol–water partition coefficient (Wildman–Crippen LogP) is 3.47. The van der Waals surface area contributed by atoms with Gasteiger partial charge in [-0.3, -0.25) is 4.79 Å². The number of rotatable bonds is 4. The smallest absolute Gasteiger partial charge is 0.168 e. The van der Waals surface area contributed by atoms with Gasteiger partial charge in [-0.1, -0.05) is 12.1 Å². The molecular formula is C15H14BrNO2. The first-order valence-corrected chi connectivity index (χ1v) is 6.60. The molecule has 0 aliphatic carbocycles. The molecule has 4 heteroatoms. The molecule has 2 N–H and O–H groups in total. The minimum atomic E-state index is 0.0418. The quantitative estimate of drug-likeness (QED) is 0.693. The number of nitrogen functional groups attached to an aromatic ring is 1. The Morgan fingerprint density at radius 3 is 2.74 bits per heavy atom. The second kappa shape index (κ2) is 5.89. The average molecular weight is 320 g/mol. The van der Waals surface area contributed by atoms with Crippen molar-refractivity contribution in [1.82, 2.24) is 0 Å². The van der Waals surface area contributed by atoms with Crippen LogP contribution in [0.15, 0.2) is 46.9 Å². The van der Waals surface area contributed by atoms with Crippen molar-refractivity contribution in [3.8, 4) is 5.75 Å². The van der Waals surface area contributed by atoms with E-state index in [1.807, 2.05) is 24.3 Å². The van der Waals surface area contributed by atoms with Crippen LogP contribution in [-0.2, 0) is 6.42 Å². The van der Waals surface area contributed by atoms with Gasteiger partial charge >= 0.3 is 0 Å². The van der Waals surface area contributed by atoms with Gasteiger partial charge in [-0.25, -0.2) is 0 Å². The molecule has 0 fully saturated rings. The van der Waals surface area contributed by atoms with E-state index < -0.39 is 0 Å². The molecule has 0 amide bonds. The SMILES string of the molecule is COc1cccc(CC(=O)c2ccc(N)cc2Br)c1. The summed E-state index contributed by atoms with van der Waals surface area (Å²) < 4.78 is 5.87. The van der Waals surface area contributed by atoms with Crippen LogP contribution in [0.3, 0.4) is 0 Å². The molecule has 0 unspecified atom stereocenters. The number of hydrogen-bond acceptors (Lipinski definition) is 3. The molecule has 0 aliphatic rings. The third kappa shape index (κ3) is 3.35. The van der Waals surface area contributed by atoms with Crippen molar-refractivity contribution in [2.24, 2.45) is 0 Å². The van der Waals surface area contributed by atoms with Gasteiger partial charge in [0.15, 0.2) is 5.78 Å². The number of halogens is 1. The zero-order valence-electron chi connectivity index (χ0n) is 10.5. The van der Waals surface area contributed by atoms with Gasteiger partial charge in [0.2, 0.25) is 0 Å². The van der Waals surface area contributed by atoms with Crippen molar-refractivity contribution in [2.45, 2.75) is 6.42 Å². The highest BCUT2D eigenvalue weighted by Gasteiger charge is 2.11. The Morgan fingerprint density at radius 2 is 2.05 bits per heavy atom. The van der Waals surface area contributed by atoms with Crippen molar-refractivity contribution >= 4 is 27.4 Å². The summed E-state index contributed by atoms with van der Waals surface area (Å²) in [6.07, 6.45) is 0.333. The van der Waals surface area contributed by atoms with Gasteiger partial charge in [0.05, 0.1) is 7.11 Å². The fourth-order valence-corrected chi connectivity index (χ4v) is 2.44. The number of carbonyl (C=O) groups is 1. The topological polar surface area (TPSA) is 52.3 Å². The lowest BCUT2D eigenvalue weighted by Gasteiger charge is -2.06. The molecule has 2 aromatic rings. The molecule has 2 rings (SSSR count). The lowest BCUT2D eigenvalue weighted by molar-refractivity contribution is 0.0992. The maximum absolute atomic E-state index is 12.2. The number of hydrogen-bond donors (Lipinski definition) is 1. The Kier molecular flexibility index (Phi) is 4.22. The van der Waals surface area contributed by atoms with E-state index in [0.717, 1.165) is 15.8 Å². The van der Waals surface area contributed by atoms with Gasteiger partial charge in [-0.05, 0) is 51.8 Å². The predicted molar refractivity (Wildman–Crippen MR) is 79.6 cm³/mol. The van der Waals surface area contributed by atoms with Gasteiger partial charge in [-0.15, -0.1) is 0 Å². The zero-order chi connectivity index (χ0) is 13.8. The second-order valence-corrected chi connectivity index (χ2v) is 5.05. The summed E-state index contributed by atoms with van der Waals surface area (Å²) in [6, 6.07) is 12.7. The Labute approximate surface area is 120 Å². The first kappa shape index (κ1) is 13.6. The molecule has 0 aliphatic heterocycles. The van der Waals surface area contributed by atoms with Crippen LogP contribution in [0.2, 0.25) is 0 Å².